The van der Waals surface area contributed by atoms with Crippen LogP contribution in [0.5, 0.6) is 0 Å². The first-order valence-electron chi connectivity index (χ1n) is 9.53. The van der Waals surface area contributed by atoms with Crippen molar-refractivity contribution in [2.45, 2.75) is 26.9 Å². The molecule has 28 heavy (non-hydrogen) atoms. The quantitative estimate of drug-likeness (QED) is 0.657. The zero-order chi connectivity index (χ0) is 20.3. The number of likely N-dealkylation sites (N-methyl/N-ethyl adjacent to an activating group) is 1. The van der Waals surface area contributed by atoms with Crippen molar-refractivity contribution in [2.75, 3.05) is 20.6 Å². The number of benzene rings is 2. The van der Waals surface area contributed by atoms with Crippen LogP contribution >= 0.6 is 0 Å². The Bertz CT molecular complexity index is 987. The Morgan fingerprint density at radius 1 is 1.00 bits per heavy atom. The maximum Gasteiger partial charge on any atom is 0.253 e. The van der Waals surface area contributed by atoms with Crippen molar-refractivity contribution in [1.82, 2.24) is 14.4 Å². The van der Waals surface area contributed by atoms with Gasteiger partial charge in [-0.25, -0.2) is 0 Å². The maximum absolute atomic E-state index is 12.9. The molecule has 146 valence electrons. The predicted octanol–water partition coefficient (Wildman–Crippen LogP) is 3.70. The summed E-state index contributed by atoms with van der Waals surface area (Å²) in [6.07, 6.45) is 2.04. The SMILES string of the molecule is CCN(Cc1ccc(C(=O)N(C)C)cc1)C(=O)Cn1cc(C)c2ccccc21. The van der Waals surface area contributed by atoms with E-state index in [1.807, 2.05) is 65.1 Å². The molecule has 5 nitrogen and oxygen atoms in total. The topological polar surface area (TPSA) is 45.6 Å². The predicted molar refractivity (Wildman–Crippen MR) is 112 cm³/mol. The van der Waals surface area contributed by atoms with Crippen molar-refractivity contribution in [2.24, 2.45) is 0 Å². The second-order valence-corrected chi connectivity index (χ2v) is 7.26. The maximum atomic E-state index is 12.9. The molecule has 3 aromatic rings. The van der Waals surface area contributed by atoms with Crippen LogP contribution in [0.3, 0.4) is 0 Å². The molecule has 0 radical (unpaired) electrons. The second kappa shape index (κ2) is 8.30. The molecule has 0 aliphatic carbocycles. The molecule has 3 rings (SSSR count). The molecule has 0 spiro atoms. The smallest absolute Gasteiger partial charge is 0.253 e. The third kappa shape index (κ3) is 4.09. The first kappa shape index (κ1) is 19.7. The highest BCUT2D eigenvalue weighted by molar-refractivity contribution is 5.93. The van der Waals surface area contributed by atoms with Gasteiger partial charge in [-0.05, 0) is 43.2 Å². The Hall–Kier alpha value is -3.08. The Kier molecular flexibility index (Phi) is 5.83. The van der Waals surface area contributed by atoms with Crippen molar-refractivity contribution in [1.29, 1.82) is 0 Å². The Balaban J connectivity index is 1.72. The van der Waals surface area contributed by atoms with Crippen molar-refractivity contribution in [3.63, 3.8) is 0 Å². The van der Waals surface area contributed by atoms with Gasteiger partial charge in [-0.3, -0.25) is 9.59 Å². The molecule has 1 aromatic heterocycles. The zero-order valence-corrected chi connectivity index (χ0v) is 17.0. The van der Waals surface area contributed by atoms with E-state index < -0.39 is 0 Å². The third-order valence-corrected chi connectivity index (χ3v) is 5.01. The minimum absolute atomic E-state index is 0.0233. The van der Waals surface area contributed by atoms with Gasteiger partial charge in [0.1, 0.15) is 6.54 Å². The summed E-state index contributed by atoms with van der Waals surface area (Å²) < 4.78 is 2.02. The van der Waals surface area contributed by atoms with Gasteiger partial charge >= 0.3 is 0 Å². The summed E-state index contributed by atoms with van der Waals surface area (Å²) in [4.78, 5) is 28.3. The molecule has 0 atom stereocenters. The summed E-state index contributed by atoms with van der Waals surface area (Å²) in [6.45, 7) is 5.54. The van der Waals surface area contributed by atoms with Crippen LogP contribution in [-0.2, 0) is 17.9 Å². The molecule has 0 aliphatic heterocycles. The number of nitrogens with zero attached hydrogens (tertiary/aromatic N) is 3. The number of aromatic nitrogens is 1. The van der Waals surface area contributed by atoms with Crippen molar-refractivity contribution < 1.29 is 9.59 Å². The number of fused-ring (bicyclic) bond motifs is 1. The molecule has 5 heteroatoms. The van der Waals surface area contributed by atoms with Gasteiger partial charge in [-0.2, -0.15) is 0 Å². The minimum atomic E-state index is -0.0233. The van der Waals surface area contributed by atoms with E-state index >= 15 is 0 Å². The lowest BCUT2D eigenvalue weighted by atomic mass is 10.1. The molecule has 2 aromatic carbocycles. The van der Waals surface area contributed by atoms with Crippen LogP contribution in [0.4, 0.5) is 0 Å². The van der Waals surface area contributed by atoms with E-state index in [9.17, 15) is 9.59 Å². The molecular formula is C23H27N3O2. The average molecular weight is 377 g/mol. The number of hydrogen-bond acceptors (Lipinski definition) is 2. The van der Waals surface area contributed by atoms with E-state index in [2.05, 4.69) is 13.0 Å². The van der Waals surface area contributed by atoms with Crippen molar-refractivity contribution in [3.05, 3.63) is 71.4 Å². The van der Waals surface area contributed by atoms with Crippen LogP contribution in [0.25, 0.3) is 10.9 Å². The summed E-state index contributed by atoms with van der Waals surface area (Å²) in [7, 11) is 3.47. The number of rotatable bonds is 6. The van der Waals surface area contributed by atoms with Crippen molar-refractivity contribution in [3.8, 4) is 0 Å². The van der Waals surface area contributed by atoms with Gasteiger partial charge in [0.2, 0.25) is 5.91 Å². The molecule has 0 unspecified atom stereocenters. The number of carbonyl (C=O) groups excluding carboxylic acids is 2. The van der Waals surface area contributed by atoms with Gasteiger partial charge in [0, 0.05) is 49.8 Å². The van der Waals surface area contributed by atoms with Crippen LogP contribution in [0.2, 0.25) is 0 Å². The largest absolute Gasteiger partial charge is 0.345 e. The fourth-order valence-corrected chi connectivity index (χ4v) is 3.41. The van der Waals surface area contributed by atoms with Gasteiger partial charge in [-0.15, -0.1) is 0 Å². The minimum Gasteiger partial charge on any atom is -0.345 e. The molecule has 0 saturated carbocycles. The van der Waals surface area contributed by atoms with Gasteiger partial charge in [-0.1, -0.05) is 30.3 Å². The molecule has 0 bridgehead atoms. The monoisotopic (exact) mass is 377 g/mol. The Morgan fingerprint density at radius 3 is 2.32 bits per heavy atom. The van der Waals surface area contributed by atoms with E-state index in [-0.39, 0.29) is 11.8 Å². The normalized spacial score (nSPS) is 10.9. The van der Waals surface area contributed by atoms with Crippen LogP contribution in [-0.4, -0.2) is 46.8 Å². The number of carbonyl (C=O) groups is 2. The fourth-order valence-electron chi connectivity index (χ4n) is 3.41. The summed E-state index contributed by atoms with van der Waals surface area (Å²) in [5, 5.41) is 1.18. The highest BCUT2D eigenvalue weighted by Crippen LogP contribution is 2.20. The van der Waals surface area contributed by atoms with E-state index in [1.165, 1.54) is 10.9 Å². The van der Waals surface area contributed by atoms with E-state index in [4.69, 9.17) is 0 Å². The van der Waals surface area contributed by atoms with Gasteiger partial charge in [0.15, 0.2) is 0 Å². The Labute approximate surface area is 166 Å². The molecule has 0 saturated heterocycles. The first-order valence-corrected chi connectivity index (χ1v) is 9.53. The van der Waals surface area contributed by atoms with E-state index in [0.29, 0.717) is 25.2 Å². The molecule has 0 fully saturated rings. The van der Waals surface area contributed by atoms with Gasteiger partial charge in [0.25, 0.3) is 5.91 Å². The molecule has 2 amide bonds. The number of hydrogen-bond donors (Lipinski definition) is 0. The molecule has 1 heterocycles. The second-order valence-electron chi connectivity index (χ2n) is 7.26. The van der Waals surface area contributed by atoms with E-state index in [1.54, 1.807) is 19.0 Å². The highest BCUT2D eigenvalue weighted by Gasteiger charge is 2.15. The first-order chi connectivity index (χ1) is 13.4. The summed E-state index contributed by atoms with van der Waals surface area (Å²) in [6, 6.07) is 15.6. The number of para-hydroxylation sites is 1. The van der Waals surface area contributed by atoms with Crippen LogP contribution in [0.1, 0.15) is 28.4 Å². The molecule has 0 N–H and O–H groups in total. The van der Waals surface area contributed by atoms with Crippen molar-refractivity contribution >= 4 is 22.7 Å². The number of aryl methyl sites for hydroxylation is 1. The molecule has 0 aliphatic rings. The van der Waals surface area contributed by atoms with E-state index in [0.717, 1.165) is 11.1 Å². The third-order valence-electron chi connectivity index (χ3n) is 5.01. The number of amides is 2. The lowest BCUT2D eigenvalue weighted by molar-refractivity contribution is -0.132. The van der Waals surface area contributed by atoms with Crippen LogP contribution < -0.4 is 0 Å². The summed E-state index contributed by atoms with van der Waals surface area (Å²) in [5.74, 6) is 0.0570. The zero-order valence-electron chi connectivity index (χ0n) is 17.0. The average Bonchev–Trinajstić information content (AvgIpc) is 3.01. The lowest BCUT2D eigenvalue weighted by Crippen LogP contribution is -2.33. The lowest BCUT2D eigenvalue weighted by Gasteiger charge is -2.22. The standard InChI is InChI=1S/C23H27N3O2/c1-5-25(15-18-10-12-19(13-11-18)23(28)24(3)4)22(27)16-26-14-17(2)20-8-6-7-9-21(20)26/h6-14H,5,15-16H2,1-4H3. The summed E-state index contributed by atoms with van der Waals surface area (Å²) in [5.41, 5.74) is 3.92. The fraction of sp³-hybridized carbons (Fsp3) is 0.304. The van der Waals surface area contributed by atoms with Crippen LogP contribution in [0, 0.1) is 6.92 Å². The summed E-state index contributed by atoms with van der Waals surface area (Å²) >= 11 is 0. The highest BCUT2D eigenvalue weighted by atomic mass is 16.2. The van der Waals surface area contributed by atoms with Crippen LogP contribution in [0.15, 0.2) is 54.7 Å². The Morgan fingerprint density at radius 2 is 1.68 bits per heavy atom. The van der Waals surface area contributed by atoms with Gasteiger partial charge in [0.05, 0.1) is 0 Å². The van der Waals surface area contributed by atoms with Gasteiger partial charge < -0.3 is 14.4 Å². The molecular weight excluding hydrogens is 350 g/mol.